The van der Waals surface area contributed by atoms with E-state index in [1.54, 1.807) is 0 Å². The number of anilines is 1. The Morgan fingerprint density at radius 3 is 2.70 bits per heavy atom. The number of amides is 1. The van der Waals surface area contributed by atoms with Crippen LogP contribution in [0.3, 0.4) is 0 Å². The number of halogens is 1. The summed E-state index contributed by atoms with van der Waals surface area (Å²) in [5, 5.41) is 17.6. The van der Waals surface area contributed by atoms with E-state index in [1.165, 1.54) is 16.4 Å². The van der Waals surface area contributed by atoms with Crippen LogP contribution in [0.15, 0.2) is 24.4 Å². The smallest absolute Gasteiger partial charge is 0.239 e. The number of aromatic nitrogens is 3. The number of carbonyl (C=O) groups is 1. The van der Waals surface area contributed by atoms with Crippen LogP contribution in [-0.4, -0.2) is 25.5 Å². The summed E-state index contributed by atoms with van der Waals surface area (Å²) in [7, 11) is 0. The summed E-state index contributed by atoms with van der Waals surface area (Å²) in [6.07, 6.45) is 2.07. The van der Waals surface area contributed by atoms with Gasteiger partial charge in [0.25, 0.3) is 0 Å². The van der Waals surface area contributed by atoms with E-state index < -0.39 is 0 Å². The second-order valence-corrected chi connectivity index (χ2v) is 7.68. The van der Waals surface area contributed by atoms with E-state index in [9.17, 15) is 10.1 Å². The number of benzene rings is 1. The Bertz CT molecular complexity index is 1080. The van der Waals surface area contributed by atoms with Crippen molar-refractivity contribution in [2.24, 2.45) is 0 Å². The van der Waals surface area contributed by atoms with Crippen molar-refractivity contribution in [2.75, 3.05) is 5.32 Å². The summed E-state index contributed by atoms with van der Waals surface area (Å²) in [6, 6.07) is 8.18. The van der Waals surface area contributed by atoms with Crippen LogP contribution < -0.4 is 5.32 Å². The van der Waals surface area contributed by atoms with E-state index >= 15 is 0 Å². The van der Waals surface area contributed by atoms with Crippen molar-refractivity contribution in [2.45, 2.75) is 38.9 Å². The molecule has 2 heterocycles. The summed E-state index contributed by atoms with van der Waals surface area (Å²) in [5.41, 5.74) is 4.48. The number of aryl methyl sites for hydroxylation is 3. The van der Waals surface area contributed by atoms with Gasteiger partial charge in [-0.2, -0.15) is 15.0 Å². The van der Waals surface area contributed by atoms with Gasteiger partial charge in [-0.25, -0.2) is 4.98 Å². The summed E-state index contributed by atoms with van der Waals surface area (Å²) >= 11 is 3.34. The van der Waals surface area contributed by atoms with Crippen LogP contribution in [-0.2, 0) is 4.79 Å². The molecule has 1 atom stereocenters. The number of hydrogen-bond donors (Lipinski definition) is 1. The quantitative estimate of drug-likeness (QED) is 0.630. The standard InChI is InChI=1S/C20H20BrN5O/c1-5-16(21)20(27)25-19-14(9-22)10-23-26(19)17-8-12(3)15-7-11(2)6-13(4)18(15)24-17/h6-8,10,16H,5H2,1-4H3,(H,25,27). The Morgan fingerprint density at radius 1 is 1.30 bits per heavy atom. The van der Waals surface area contributed by atoms with Gasteiger partial charge in [-0.05, 0) is 50.5 Å². The van der Waals surface area contributed by atoms with E-state index in [0.29, 0.717) is 23.6 Å². The third-order valence-electron chi connectivity index (χ3n) is 4.43. The maximum absolute atomic E-state index is 12.3. The zero-order valence-corrected chi connectivity index (χ0v) is 17.3. The van der Waals surface area contributed by atoms with Crippen molar-refractivity contribution < 1.29 is 4.79 Å². The van der Waals surface area contributed by atoms with Gasteiger partial charge < -0.3 is 5.32 Å². The molecule has 0 aliphatic rings. The van der Waals surface area contributed by atoms with Crippen LogP contribution in [0.5, 0.6) is 0 Å². The fourth-order valence-corrected chi connectivity index (χ4v) is 3.15. The first-order valence-corrected chi connectivity index (χ1v) is 9.59. The molecule has 0 saturated carbocycles. The number of alkyl halides is 1. The molecular formula is C20H20BrN5O. The Labute approximate surface area is 166 Å². The monoisotopic (exact) mass is 425 g/mol. The van der Waals surface area contributed by atoms with E-state index in [4.69, 9.17) is 4.98 Å². The third kappa shape index (κ3) is 3.58. The summed E-state index contributed by atoms with van der Waals surface area (Å²) in [6.45, 7) is 8.00. The highest BCUT2D eigenvalue weighted by Gasteiger charge is 2.20. The Balaban J connectivity index is 2.16. The second-order valence-electron chi connectivity index (χ2n) is 6.57. The van der Waals surface area contributed by atoms with Crippen LogP contribution in [0.1, 0.15) is 35.6 Å². The zero-order valence-electron chi connectivity index (χ0n) is 15.7. The maximum Gasteiger partial charge on any atom is 0.239 e. The number of nitriles is 1. The average Bonchev–Trinajstić information content (AvgIpc) is 3.04. The van der Waals surface area contributed by atoms with Gasteiger partial charge in [0.1, 0.15) is 11.6 Å². The van der Waals surface area contributed by atoms with Crippen LogP contribution in [0, 0.1) is 32.1 Å². The van der Waals surface area contributed by atoms with Crippen molar-refractivity contribution in [3.8, 4) is 11.9 Å². The Kier molecular flexibility index (Phi) is 5.29. The van der Waals surface area contributed by atoms with Crippen molar-refractivity contribution in [1.82, 2.24) is 14.8 Å². The SMILES string of the molecule is CCC(Br)C(=O)Nc1c(C#N)cnn1-c1cc(C)c2cc(C)cc(C)c2n1. The minimum Gasteiger partial charge on any atom is -0.308 e. The molecular weight excluding hydrogens is 406 g/mol. The summed E-state index contributed by atoms with van der Waals surface area (Å²) in [5.74, 6) is 0.669. The minimum atomic E-state index is -0.344. The summed E-state index contributed by atoms with van der Waals surface area (Å²) in [4.78, 5) is 16.7. The van der Waals surface area contributed by atoms with Gasteiger partial charge in [0.05, 0.1) is 16.5 Å². The highest BCUT2D eigenvalue weighted by molar-refractivity contribution is 9.10. The number of nitrogens with zero attached hydrogens (tertiary/aromatic N) is 4. The minimum absolute atomic E-state index is 0.222. The van der Waals surface area contributed by atoms with E-state index in [-0.39, 0.29) is 10.7 Å². The van der Waals surface area contributed by atoms with Gasteiger partial charge in [0.15, 0.2) is 11.6 Å². The normalized spacial score (nSPS) is 12.0. The van der Waals surface area contributed by atoms with Crippen molar-refractivity contribution in [1.29, 1.82) is 5.26 Å². The molecule has 1 N–H and O–H groups in total. The molecule has 138 valence electrons. The lowest BCUT2D eigenvalue weighted by molar-refractivity contribution is -0.115. The molecule has 0 fully saturated rings. The molecule has 0 spiro atoms. The Morgan fingerprint density at radius 2 is 2.04 bits per heavy atom. The van der Waals surface area contributed by atoms with Crippen molar-refractivity contribution >= 4 is 38.6 Å². The van der Waals surface area contributed by atoms with Crippen molar-refractivity contribution in [3.05, 3.63) is 46.6 Å². The van der Waals surface area contributed by atoms with Gasteiger partial charge in [-0.15, -0.1) is 0 Å². The molecule has 27 heavy (non-hydrogen) atoms. The molecule has 0 radical (unpaired) electrons. The van der Waals surface area contributed by atoms with Crippen LogP contribution >= 0.6 is 15.9 Å². The van der Waals surface area contributed by atoms with Crippen molar-refractivity contribution in [3.63, 3.8) is 0 Å². The first kappa shape index (κ1) is 19.1. The maximum atomic E-state index is 12.3. The lowest BCUT2D eigenvalue weighted by atomic mass is 10.0. The molecule has 0 aliphatic carbocycles. The van der Waals surface area contributed by atoms with Crippen LogP contribution in [0.4, 0.5) is 5.82 Å². The number of fused-ring (bicyclic) bond motifs is 1. The molecule has 1 unspecified atom stereocenters. The third-order valence-corrected chi connectivity index (χ3v) is 5.50. The molecule has 2 aromatic heterocycles. The lowest BCUT2D eigenvalue weighted by Gasteiger charge is -2.13. The molecule has 7 heteroatoms. The molecule has 6 nitrogen and oxygen atoms in total. The van der Waals surface area contributed by atoms with Gasteiger partial charge in [0, 0.05) is 5.39 Å². The zero-order chi connectivity index (χ0) is 19.7. The van der Waals surface area contributed by atoms with E-state index in [1.807, 2.05) is 26.8 Å². The predicted molar refractivity (Wildman–Crippen MR) is 109 cm³/mol. The number of rotatable bonds is 4. The van der Waals surface area contributed by atoms with Crippen LogP contribution in [0.25, 0.3) is 16.7 Å². The number of carbonyl (C=O) groups excluding carboxylic acids is 1. The predicted octanol–water partition coefficient (Wildman–Crippen LogP) is 4.33. The molecule has 0 saturated heterocycles. The van der Waals surface area contributed by atoms with Gasteiger partial charge in [0.2, 0.25) is 5.91 Å². The number of nitrogens with one attached hydrogen (secondary N) is 1. The highest BCUT2D eigenvalue weighted by atomic mass is 79.9. The first-order valence-electron chi connectivity index (χ1n) is 8.67. The largest absolute Gasteiger partial charge is 0.308 e. The fraction of sp³-hybridized carbons (Fsp3) is 0.300. The molecule has 1 amide bonds. The summed E-state index contributed by atoms with van der Waals surface area (Å²) < 4.78 is 1.51. The van der Waals surface area contributed by atoms with Crippen LogP contribution in [0.2, 0.25) is 0 Å². The van der Waals surface area contributed by atoms with E-state index in [0.717, 1.165) is 22.0 Å². The molecule has 0 bridgehead atoms. The molecule has 3 rings (SSSR count). The lowest BCUT2D eigenvalue weighted by Crippen LogP contribution is -2.24. The number of pyridine rings is 1. The second kappa shape index (κ2) is 7.49. The molecule has 3 aromatic rings. The van der Waals surface area contributed by atoms with Gasteiger partial charge in [-0.3, -0.25) is 4.79 Å². The Hall–Kier alpha value is -2.72. The number of hydrogen-bond acceptors (Lipinski definition) is 4. The van der Waals surface area contributed by atoms with E-state index in [2.05, 4.69) is 51.5 Å². The average molecular weight is 426 g/mol. The highest BCUT2D eigenvalue weighted by Crippen LogP contribution is 2.26. The fourth-order valence-electron chi connectivity index (χ4n) is 3.04. The molecule has 0 aliphatic heterocycles. The first-order chi connectivity index (χ1) is 12.8. The van der Waals surface area contributed by atoms with Gasteiger partial charge >= 0.3 is 0 Å². The topological polar surface area (TPSA) is 83.6 Å². The molecule has 1 aromatic carbocycles. The van der Waals surface area contributed by atoms with Gasteiger partial charge in [-0.1, -0.05) is 34.5 Å².